The quantitative estimate of drug-likeness (QED) is 0.547. The summed E-state index contributed by atoms with van der Waals surface area (Å²) in [4.78, 5) is 0. The Hall–Kier alpha value is -0.850. The lowest BCUT2D eigenvalue weighted by molar-refractivity contribution is 0.522. The summed E-state index contributed by atoms with van der Waals surface area (Å²) in [5.41, 5.74) is 2.06. The maximum atomic E-state index is 7.68. The minimum Gasteiger partial charge on any atom is -0.305 e. The van der Waals surface area contributed by atoms with Crippen LogP contribution < -0.4 is 0 Å². The van der Waals surface area contributed by atoms with Crippen molar-refractivity contribution in [3.05, 3.63) is 23.8 Å². The van der Waals surface area contributed by atoms with Gasteiger partial charge in [0, 0.05) is 12.1 Å². The first-order valence-corrected chi connectivity index (χ1v) is 3.97. The van der Waals surface area contributed by atoms with Crippen LogP contribution in [0.5, 0.6) is 0 Å². The van der Waals surface area contributed by atoms with Gasteiger partial charge < -0.3 is 5.41 Å². The molecule has 0 aliphatic heterocycles. The summed E-state index contributed by atoms with van der Waals surface area (Å²) in [6, 6.07) is 0. The van der Waals surface area contributed by atoms with Crippen LogP contribution in [0.15, 0.2) is 23.8 Å². The van der Waals surface area contributed by atoms with Gasteiger partial charge in [0.25, 0.3) is 0 Å². The van der Waals surface area contributed by atoms with Crippen LogP contribution >= 0.6 is 0 Å². The van der Waals surface area contributed by atoms with Crippen LogP contribution in [0.2, 0.25) is 0 Å². The molecule has 1 heteroatoms. The Morgan fingerprint density at radius 2 is 2.00 bits per heavy atom. The molecule has 1 aliphatic carbocycles. The molecule has 0 aromatic rings. The first kappa shape index (κ1) is 8.25. The molecule has 0 saturated heterocycles. The zero-order valence-corrected chi connectivity index (χ0v) is 7.44. The lowest BCUT2D eigenvalue weighted by atomic mass is 9.81. The first-order valence-electron chi connectivity index (χ1n) is 3.97. The first-order chi connectivity index (χ1) is 5.02. The van der Waals surface area contributed by atoms with Crippen molar-refractivity contribution >= 4 is 5.71 Å². The zero-order valence-electron chi connectivity index (χ0n) is 7.44. The van der Waals surface area contributed by atoms with Crippen LogP contribution in [0.3, 0.4) is 0 Å². The second kappa shape index (κ2) is 2.65. The highest BCUT2D eigenvalue weighted by Gasteiger charge is 2.20. The summed E-state index contributed by atoms with van der Waals surface area (Å²) in [6.07, 6.45) is 6.91. The second-order valence-corrected chi connectivity index (χ2v) is 3.94. The summed E-state index contributed by atoms with van der Waals surface area (Å²) in [7, 11) is 0. The Morgan fingerprint density at radius 1 is 1.36 bits per heavy atom. The summed E-state index contributed by atoms with van der Waals surface area (Å²) in [5.74, 6) is 0. The fourth-order valence-electron chi connectivity index (χ4n) is 1.26. The van der Waals surface area contributed by atoms with E-state index in [2.05, 4.69) is 20.8 Å². The molecular weight excluding hydrogens is 134 g/mol. The molecule has 0 atom stereocenters. The number of hydrogen-bond acceptors (Lipinski definition) is 1. The van der Waals surface area contributed by atoms with Crippen molar-refractivity contribution in [1.82, 2.24) is 0 Å². The minimum absolute atomic E-state index is 0.127. The van der Waals surface area contributed by atoms with E-state index >= 15 is 0 Å². The Kier molecular flexibility index (Phi) is 1.99. The summed E-state index contributed by atoms with van der Waals surface area (Å²) < 4.78 is 0. The van der Waals surface area contributed by atoms with Crippen molar-refractivity contribution in [2.24, 2.45) is 5.41 Å². The standard InChI is InChI=1S/C10H15N/c1-10(2,3)8-6-4-5-7-9(8)11/h4-6,11H,7H2,1-3H3. The molecule has 0 unspecified atom stereocenters. The van der Waals surface area contributed by atoms with Crippen LogP contribution in [-0.2, 0) is 0 Å². The van der Waals surface area contributed by atoms with E-state index in [1.807, 2.05) is 18.2 Å². The van der Waals surface area contributed by atoms with E-state index in [0.717, 1.165) is 12.1 Å². The molecule has 1 N–H and O–H groups in total. The van der Waals surface area contributed by atoms with Gasteiger partial charge in [-0.3, -0.25) is 0 Å². The molecular formula is C10H15N. The van der Waals surface area contributed by atoms with Gasteiger partial charge in [0.05, 0.1) is 0 Å². The van der Waals surface area contributed by atoms with E-state index in [9.17, 15) is 0 Å². The average molecular weight is 149 g/mol. The Balaban J connectivity index is 2.93. The van der Waals surface area contributed by atoms with Crippen molar-refractivity contribution in [3.8, 4) is 0 Å². The highest BCUT2D eigenvalue weighted by molar-refractivity contribution is 6.00. The van der Waals surface area contributed by atoms with Crippen LogP contribution in [0, 0.1) is 10.8 Å². The van der Waals surface area contributed by atoms with E-state index in [0.29, 0.717) is 0 Å². The van der Waals surface area contributed by atoms with Gasteiger partial charge in [-0.15, -0.1) is 0 Å². The predicted molar refractivity (Wildman–Crippen MR) is 49.0 cm³/mol. The maximum Gasteiger partial charge on any atom is 0.0388 e. The maximum absolute atomic E-state index is 7.68. The van der Waals surface area contributed by atoms with Gasteiger partial charge in [-0.25, -0.2) is 0 Å². The third kappa shape index (κ3) is 1.79. The number of nitrogens with one attached hydrogen (secondary N) is 1. The largest absolute Gasteiger partial charge is 0.305 e. The molecule has 1 rings (SSSR count). The molecule has 0 aromatic heterocycles. The lowest BCUT2D eigenvalue weighted by Crippen LogP contribution is -2.18. The molecule has 0 radical (unpaired) electrons. The van der Waals surface area contributed by atoms with Gasteiger partial charge in [-0.2, -0.15) is 0 Å². The molecule has 0 fully saturated rings. The lowest BCUT2D eigenvalue weighted by Gasteiger charge is -2.24. The van der Waals surface area contributed by atoms with Crippen LogP contribution in [-0.4, -0.2) is 5.71 Å². The normalized spacial score (nSPS) is 18.5. The molecule has 11 heavy (non-hydrogen) atoms. The number of hydrogen-bond donors (Lipinski definition) is 1. The van der Waals surface area contributed by atoms with Crippen molar-refractivity contribution in [2.75, 3.05) is 0 Å². The monoisotopic (exact) mass is 149 g/mol. The fourth-order valence-corrected chi connectivity index (χ4v) is 1.26. The van der Waals surface area contributed by atoms with Crippen LogP contribution in [0.4, 0.5) is 0 Å². The van der Waals surface area contributed by atoms with Crippen molar-refractivity contribution < 1.29 is 0 Å². The molecule has 0 bridgehead atoms. The van der Waals surface area contributed by atoms with Gasteiger partial charge in [0.1, 0.15) is 0 Å². The van der Waals surface area contributed by atoms with E-state index in [4.69, 9.17) is 5.41 Å². The SMILES string of the molecule is CC(C)(C)C1=CC=CCC1=N. The van der Waals surface area contributed by atoms with Crippen molar-refractivity contribution in [1.29, 1.82) is 5.41 Å². The molecule has 0 heterocycles. The van der Waals surface area contributed by atoms with E-state index in [1.165, 1.54) is 5.57 Å². The predicted octanol–water partition coefficient (Wildman–Crippen LogP) is 2.94. The molecule has 1 nitrogen and oxygen atoms in total. The van der Waals surface area contributed by atoms with Crippen molar-refractivity contribution in [3.63, 3.8) is 0 Å². The van der Waals surface area contributed by atoms with Crippen LogP contribution in [0.1, 0.15) is 27.2 Å². The van der Waals surface area contributed by atoms with E-state index < -0.39 is 0 Å². The third-order valence-electron chi connectivity index (χ3n) is 1.85. The Morgan fingerprint density at radius 3 is 2.36 bits per heavy atom. The van der Waals surface area contributed by atoms with Gasteiger partial charge in [0.15, 0.2) is 0 Å². The number of allylic oxidation sites excluding steroid dienone is 4. The highest BCUT2D eigenvalue weighted by Crippen LogP contribution is 2.28. The van der Waals surface area contributed by atoms with Crippen molar-refractivity contribution in [2.45, 2.75) is 27.2 Å². The van der Waals surface area contributed by atoms with Gasteiger partial charge in [-0.1, -0.05) is 39.0 Å². The van der Waals surface area contributed by atoms with Crippen LogP contribution in [0.25, 0.3) is 0 Å². The fraction of sp³-hybridized carbons (Fsp3) is 0.500. The summed E-state index contributed by atoms with van der Waals surface area (Å²) >= 11 is 0. The smallest absolute Gasteiger partial charge is 0.0388 e. The second-order valence-electron chi connectivity index (χ2n) is 3.94. The Bertz CT molecular complexity index is 226. The van der Waals surface area contributed by atoms with Gasteiger partial charge >= 0.3 is 0 Å². The Labute approximate surface area is 68.3 Å². The topological polar surface area (TPSA) is 23.9 Å². The average Bonchev–Trinajstić information content (AvgIpc) is 1.86. The molecule has 1 aliphatic rings. The molecule has 0 spiro atoms. The van der Waals surface area contributed by atoms with Gasteiger partial charge in [-0.05, 0) is 11.0 Å². The molecule has 0 saturated carbocycles. The van der Waals surface area contributed by atoms with Gasteiger partial charge in [0.2, 0.25) is 0 Å². The molecule has 60 valence electrons. The molecule has 0 aromatic carbocycles. The number of rotatable bonds is 0. The van der Waals surface area contributed by atoms with E-state index in [1.54, 1.807) is 0 Å². The minimum atomic E-state index is 0.127. The van der Waals surface area contributed by atoms with E-state index in [-0.39, 0.29) is 5.41 Å². The molecule has 0 amide bonds. The summed E-state index contributed by atoms with van der Waals surface area (Å²) in [5, 5.41) is 7.68. The highest BCUT2D eigenvalue weighted by atomic mass is 14.4. The summed E-state index contributed by atoms with van der Waals surface area (Å²) in [6.45, 7) is 6.44. The third-order valence-corrected chi connectivity index (χ3v) is 1.85. The zero-order chi connectivity index (χ0) is 8.48.